The zero-order valence-corrected chi connectivity index (χ0v) is 15.8. The highest BCUT2D eigenvalue weighted by Crippen LogP contribution is 2.26. The number of amides is 2. The minimum atomic E-state index is -0.998. The number of carbonyl (C=O) groups excluding carboxylic acids is 3. The Hall–Kier alpha value is -3.29. The Labute approximate surface area is 166 Å². The molecular weight excluding hydrogens is 382 g/mol. The van der Waals surface area contributed by atoms with Crippen LogP contribution < -0.4 is 5.32 Å². The van der Waals surface area contributed by atoms with Gasteiger partial charge in [-0.05, 0) is 24.6 Å². The number of ether oxygens (including phenoxy) is 1. The lowest BCUT2D eigenvalue weighted by Crippen LogP contribution is -2.35. The van der Waals surface area contributed by atoms with Crippen LogP contribution in [0.15, 0.2) is 42.5 Å². The number of hydrogen-bond donors (Lipinski definition) is 1. The van der Waals surface area contributed by atoms with E-state index in [0.717, 1.165) is 6.07 Å². The number of anilines is 1. The molecule has 3 rings (SSSR count). The predicted molar refractivity (Wildman–Crippen MR) is 101 cm³/mol. The van der Waals surface area contributed by atoms with E-state index < -0.39 is 29.6 Å². The number of nitrogens with one attached hydrogen (secondary N) is 1. The molecule has 1 unspecified atom stereocenters. The number of esters is 1. The number of hydrogen-bond acceptors (Lipinski definition) is 4. The van der Waals surface area contributed by atoms with Crippen LogP contribution >= 0.6 is 0 Å². The summed E-state index contributed by atoms with van der Waals surface area (Å²) < 4.78 is 32.1. The van der Waals surface area contributed by atoms with Crippen molar-refractivity contribution in [1.82, 2.24) is 4.90 Å². The monoisotopic (exact) mass is 402 g/mol. The Balaban J connectivity index is 1.70. The van der Waals surface area contributed by atoms with Gasteiger partial charge in [-0.15, -0.1) is 0 Å². The van der Waals surface area contributed by atoms with E-state index in [4.69, 9.17) is 4.74 Å². The van der Waals surface area contributed by atoms with Crippen LogP contribution in [0.2, 0.25) is 0 Å². The molecule has 0 spiro atoms. The number of methoxy groups -OCH3 is 1. The third kappa shape index (κ3) is 4.59. The van der Waals surface area contributed by atoms with Gasteiger partial charge in [0, 0.05) is 31.0 Å². The predicted octanol–water partition coefficient (Wildman–Crippen LogP) is 3.27. The Morgan fingerprint density at radius 1 is 1.17 bits per heavy atom. The maximum atomic E-state index is 14.0. The maximum Gasteiger partial charge on any atom is 0.339 e. The SMILES string of the molecule is COC(=O)c1ccccc1NC(=O)CC1CCC(=O)N1Cc1cccc(F)c1F. The molecule has 8 heteroatoms. The molecule has 2 amide bonds. The van der Waals surface area contributed by atoms with Gasteiger partial charge in [-0.2, -0.15) is 0 Å². The van der Waals surface area contributed by atoms with Gasteiger partial charge in [0.25, 0.3) is 0 Å². The van der Waals surface area contributed by atoms with Gasteiger partial charge in [0.05, 0.1) is 18.4 Å². The van der Waals surface area contributed by atoms with Crippen LogP contribution in [0.3, 0.4) is 0 Å². The maximum absolute atomic E-state index is 14.0. The van der Waals surface area contributed by atoms with Crippen LogP contribution in [-0.2, 0) is 20.9 Å². The number of carbonyl (C=O) groups is 3. The van der Waals surface area contributed by atoms with Crippen LogP contribution in [-0.4, -0.2) is 35.8 Å². The molecule has 29 heavy (non-hydrogen) atoms. The lowest BCUT2D eigenvalue weighted by molar-refractivity contribution is -0.130. The summed E-state index contributed by atoms with van der Waals surface area (Å²) in [6.07, 6.45) is 0.633. The summed E-state index contributed by atoms with van der Waals surface area (Å²) in [6, 6.07) is 9.76. The zero-order valence-electron chi connectivity index (χ0n) is 15.8. The second-order valence-electron chi connectivity index (χ2n) is 6.72. The van der Waals surface area contributed by atoms with Crippen LogP contribution in [0.4, 0.5) is 14.5 Å². The molecule has 0 bridgehead atoms. The highest BCUT2D eigenvalue weighted by molar-refractivity contribution is 6.01. The van der Waals surface area contributed by atoms with Crippen LogP contribution in [0.1, 0.15) is 35.2 Å². The Morgan fingerprint density at radius 3 is 2.69 bits per heavy atom. The van der Waals surface area contributed by atoms with E-state index in [1.165, 1.54) is 30.2 Å². The van der Waals surface area contributed by atoms with Crippen molar-refractivity contribution in [3.8, 4) is 0 Å². The van der Waals surface area contributed by atoms with Crippen molar-refractivity contribution in [3.05, 3.63) is 65.2 Å². The summed E-state index contributed by atoms with van der Waals surface area (Å²) in [7, 11) is 1.24. The summed E-state index contributed by atoms with van der Waals surface area (Å²) in [4.78, 5) is 38.0. The number of para-hydroxylation sites is 1. The molecule has 2 aromatic carbocycles. The third-order valence-corrected chi connectivity index (χ3v) is 4.85. The van der Waals surface area contributed by atoms with Crippen molar-refractivity contribution in [2.24, 2.45) is 0 Å². The number of rotatable bonds is 6. The molecular formula is C21H20F2N2O4. The molecule has 1 aliphatic rings. The molecule has 1 fully saturated rings. The van der Waals surface area contributed by atoms with E-state index >= 15 is 0 Å². The fourth-order valence-corrected chi connectivity index (χ4v) is 3.37. The first kappa shape index (κ1) is 20.4. The van der Waals surface area contributed by atoms with Crippen molar-refractivity contribution < 1.29 is 27.9 Å². The normalized spacial score (nSPS) is 16.0. The molecule has 0 radical (unpaired) electrons. The molecule has 1 aliphatic heterocycles. The van der Waals surface area contributed by atoms with E-state index in [2.05, 4.69) is 5.32 Å². The van der Waals surface area contributed by atoms with Crippen molar-refractivity contribution in [1.29, 1.82) is 0 Å². The van der Waals surface area contributed by atoms with Gasteiger partial charge < -0.3 is 15.0 Å². The van der Waals surface area contributed by atoms with Gasteiger partial charge in [0.2, 0.25) is 11.8 Å². The summed E-state index contributed by atoms with van der Waals surface area (Å²) in [5, 5.41) is 2.66. The number of benzene rings is 2. The smallest absolute Gasteiger partial charge is 0.339 e. The summed E-state index contributed by atoms with van der Waals surface area (Å²) in [5.41, 5.74) is 0.572. The average Bonchev–Trinajstić information content (AvgIpc) is 3.04. The van der Waals surface area contributed by atoms with E-state index in [0.29, 0.717) is 12.1 Å². The Bertz CT molecular complexity index is 948. The summed E-state index contributed by atoms with van der Waals surface area (Å²) >= 11 is 0. The van der Waals surface area contributed by atoms with Crippen LogP contribution in [0, 0.1) is 11.6 Å². The van der Waals surface area contributed by atoms with E-state index in [-0.39, 0.29) is 36.4 Å². The molecule has 0 aromatic heterocycles. The fraction of sp³-hybridized carbons (Fsp3) is 0.286. The highest BCUT2D eigenvalue weighted by atomic mass is 19.2. The minimum absolute atomic E-state index is 0.0296. The lowest BCUT2D eigenvalue weighted by atomic mass is 10.1. The first-order valence-corrected chi connectivity index (χ1v) is 9.10. The van der Waals surface area contributed by atoms with Gasteiger partial charge in [-0.25, -0.2) is 13.6 Å². The van der Waals surface area contributed by atoms with Crippen molar-refractivity contribution >= 4 is 23.5 Å². The van der Waals surface area contributed by atoms with Gasteiger partial charge in [0.1, 0.15) is 0 Å². The van der Waals surface area contributed by atoms with E-state index in [1.54, 1.807) is 18.2 Å². The van der Waals surface area contributed by atoms with Crippen LogP contribution in [0.25, 0.3) is 0 Å². The molecule has 0 saturated carbocycles. The number of likely N-dealkylation sites (tertiary alicyclic amines) is 1. The Kier molecular flexibility index (Phi) is 6.21. The quantitative estimate of drug-likeness (QED) is 0.753. The van der Waals surface area contributed by atoms with Gasteiger partial charge >= 0.3 is 5.97 Å². The molecule has 1 heterocycles. The zero-order chi connectivity index (χ0) is 21.0. The second-order valence-corrected chi connectivity index (χ2v) is 6.72. The number of halogens is 2. The second kappa shape index (κ2) is 8.81. The Morgan fingerprint density at radius 2 is 1.93 bits per heavy atom. The van der Waals surface area contributed by atoms with Gasteiger partial charge in [-0.1, -0.05) is 24.3 Å². The van der Waals surface area contributed by atoms with Crippen molar-refractivity contribution in [2.45, 2.75) is 31.8 Å². The first-order valence-electron chi connectivity index (χ1n) is 9.10. The largest absolute Gasteiger partial charge is 0.465 e. The van der Waals surface area contributed by atoms with E-state index in [1.807, 2.05) is 0 Å². The average molecular weight is 402 g/mol. The molecule has 6 nitrogen and oxygen atoms in total. The topological polar surface area (TPSA) is 75.7 Å². The standard InChI is InChI=1S/C21H20F2N2O4/c1-29-21(28)15-6-2-3-8-17(15)24-18(26)11-14-9-10-19(27)25(14)12-13-5-4-7-16(22)20(13)23/h2-8,14H,9-12H2,1H3,(H,24,26). The van der Waals surface area contributed by atoms with Gasteiger partial charge in [-0.3, -0.25) is 9.59 Å². The number of nitrogens with zero attached hydrogens (tertiary/aromatic N) is 1. The van der Waals surface area contributed by atoms with Gasteiger partial charge in [0.15, 0.2) is 11.6 Å². The molecule has 1 N–H and O–H groups in total. The third-order valence-electron chi connectivity index (χ3n) is 4.85. The lowest BCUT2D eigenvalue weighted by Gasteiger charge is -2.25. The summed E-state index contributed by atoms with van der Waals surface area (Å²) in [6.45, 7) is -0.112. The van der Waals surface area contributed by atoms with Crippen molar-refractivity contribution in [3.63, 3.8) is 0 Å². The molecule has 0 aliphatic carbocycles. The molecule has 2 aromatic rings. The minimum Gasteiger partial charge on any atom is -0.465 e. The molecule has 152 valence electrons. The molecule has 1 atom stereocenters. The van der Waals surface area contributed by atoms with Crippen molar-refractivity contribution in [2.75, 3.05) is 12.4 Å². The first-order chi connectivity index (χ1) is 13.9. The van der Waals surface area contributed by atoms with E-state index in [9.17, 15) is 23.2 Å². The molecule has 1 saturated heterocycles. The highest BCUT2D eigenvalue weighted by Gasteiger charge is 2.33. The fourth-order valence-electron chi connectivity index (χ4n) is 3.37. The van der Waals surface area contributed by atoms with Crippen LogP contribution in [0.5, 0.6) is 0 Å². The summed E-state index contributed by atoms with van der Waals surface area (Å²) in [5.74, 6) is -3.18.